The fourth-order valence-electron chi connectivity index (χ4n) is 2.88. The number of rotatable bonds is 5. The van der Waals surface area contributed by atoms with E-state index in [1.54, 1.807) is 24.3 Å². The summed E-state index contributed by atoms with van der Waals surface area (Å²) in [5, 5.41) is 16.4. The van der Waals surface area contributed by atoms with E-state index in [2.05, 4.69) is 30.6 Å². The number of nitrogens with zero attached hydrogens (tertiary/aromatic N) is 5. The number of ketones is 1. The lowest BCUT2D eigenvalue weighted by Gasteiger charge is -2.06. The molecule has 0 amide bonds. The van der Waals surface area contributed by atoms with Gasteiger partial charge in [-0.1, -0.05) is 17.7 Å². The summed E-state index contributed by atoms with van der Waals surface area (Å²) in [6, 6.07) is 8.69. The minimum Gasteiger partial charge on any atom is -0.497 e. The van der Waals surface area contributed by atoms with E-state index >= 15 is 0 Å². The van der Waals surface area contributed by atoms with Crippen molar-refractivity contribution in [2.45, 2.75) is 12.6 Å². The number of hydrogen-bond donors (Lipinski definition) is 1. The third-order valence-electron chi connectivity index (χ3n) is 4.09. The van der Waals surface area contributed by atoms with E-state index in [4.69, 9.17) is 16.3 Å². The molecular formula is C17H13ClN6O2. The summed E-state index contributed by atoms with van der Waals surface area (Å²) in [5.41, 5.74) is 2.22. The van der Waals surface area contributed by atoms with Gasteiger partial charge in [-0.05, 0) is 34.2 Å². The third-order valence-corrected chi connectivity index (χ3v) is 4.33. The molecule has 0 aliphatic carbocycles. The zero-order chi connectivity index (χ0) is 18.1. The number of fused-ring (bicyclic) bond motifs is 1. The number of pyridine rings is 1. The highest BCUT2D eigenvalue weighted by molar-refractivity contribution is 6.31. The van der Waals surface area contributed by atoms with E-state index in [9.17, 15) is 4.79 Å². The molecule has 3 heterocycles. The van der Waals surface area contributed by atoms with E-state index in [1.807, 2.05) is 6.07 Å². The summed E-state index contributed by atoms with van der Waals surface area (Å²) >= 11 is 6.09. The molecule has 3 aromatic rings. The van der Waals surface area contributed by atoms with Crippen LogP contribution in [-0.4, -0.2) is 29.0 Å². The number of benzene rings is 1. The number of aromatic amines is 1. The van der Waals surface area contributed by atoms with Gasteiger partial charge < -0.3 is 9.72 Å². The number of carbonyl (C=O) groups is 1. The summed E-state index contributed by atoms with van der Waals surface area (Å²) in [6.07, 6.45) is 1.47. The zero-order valence-corrected chi connectivity index (χ0v) is 14.4. The third kappa shape index (κ3) is 2.95. The van der Waals surface area contributed by atoms with Crippen LogP contribution in [-0.2, 0) is 6.42 Å². The van der Waals surface area contributed by atoms with Gasteiger partial charge in [0, 0.05) is 34.6 Å². The van der Waals surface area contributed by atoms with Gasteiger partial charge in [0.1, 0.15) is 11.4 Å². The smallest absolute Gasteiger partial charge is 0.227 e. The van der Waals surface area contributed by atoms with E-state index in [0.717, 1.165) is 16.5 Å². The molecule has 130 valence electrons. The maximum atomic E-state index is 13.1. The van der Waals surface area contributed by atoms with E-state index < -0.39 is 6.17 Å². The van der Waals surface area contributed by atoms with Gasteiger partial charge in [-0.3, -0.25) is 9.78 Å². The highest BCUT2D eigenvalue weighted by atomic mass is 35.5. The monoisotopic (exact) mass is 368 g/mol. The van der Waals surface area contributed by atoms with Crippen LogP contribution >= 0.6 is 11.6 Å². The number of carbonyl (C=O) groups excluding carboxylic acids is 1. The maximum Gasteiger partial charge on any atom is 0.227 e. The van der Waals surface area contributed by atoms with Crippen LogP contribution in [0.3, 0.4) is 0 Å². The molecule has 0 saturated carbocycles. The lowest BCUT2D eigenvalue weighted by molar-refractivity contribution is 0.102. The Morgan fingerprint density at radius 3 is 2.81 bits per heavy atom. The second-order valence-corrected chi connectivity index (χ2v) is 6.11. The molecule has 2 aromatic heterocycles. The van der Waals surface area contributed by atoms with Gasteiger partial charge in [0.25, 0.3) is 0 Å². The Balaban J connectivity index is 1.83. The van der Waals surface area contributed by atoms with E-state index in [0.29, 0.717) is 22.9 Å². The quantitative estimate of drug-likeness (QED) is 0.683. The van der Waals surface area contributed by atoms with Gasteiger partial charge in [-0.2, -0.15) is 0 Å². The number of ether oxygens (including phenoxy) is 1. The van der Waals surface area contributed by atoms with Crippen molar-refractivity contribution in [1.82, 2.24) is 9.97 Å². The van der Waals surface area contributed by atoms with Crippen LogP contribution in [0.1, 0.15) is 21.7 Å². The second kappa shape index (κ2) is 6.64. The molecule has 0 saturated heterocycles. The Labute approximate surface area is 152 Å². The minimum atomic E-state index is -0.450. The van der Waals surface area contributed by atoms with Gasteiger partial charge in [0.15, 0.2) is 6.17 Å². The van der Waals surface area contributed by atoms with Crippen molar-refractivity contribution in [2.24, 2.45) is 20.7 Å². The SMILES string of the molecule is COc1ccnc(C(=O)c2[nH]c3cc(Cl)ccc3c2CC2N=NN=N2)c1. The first kappa shape index (κ1) is 16.3. The average molecular weight is 369 g/mol. The van der Waals surface area contributed by atoms with Gasteiger partial charge in [-0.15, -0.1) is 10.2 Å². The Hall–Kier alpha value is -3.13. The fourth-order valence-corrected chi connectivity index (χ4v) is 3.05. The zero-order valence-electron chi connectivity index (χ0n) is 13.7. The largest absolute Gasteiger partial charge is 0.497 e. The summed E-state index contributed by atoms with van der Waals surface area (Å²) in [5.74, 6) is 0.306. The Morgan fingerprint density at radius 2 is 2.04 bits per heavy atom. The Morgan fingerprint density at radius 1 is 1.23 bits per heavy atom. The first-order valence-corrected chi connectivity index (χ1v) is 8.18. The number of H-pyrrole nitrogens is 1. The molecule has 4 rings (SSSR count). The molecule has 9 heteroatoms. The van der Waals surface area contributed by atoms with Crippen molar-refractivity contribution in [3.63, 3.8) is 0 Å². The van der Waals surface area contributed by atoms with E-state index in [-0.39, 0.29) is 11.5 Å². The standard InChI is InChI=1S/C17H13ClN6O2/c1-26-10-4-5-19-14(7-10)17(25)16-12(8-15-21-23-24-22-15)11-3-2-9(18)6-13(11)20-16/h2-7,15,20H,8H2,1H3. The average Bonchev–Trinajstić information content (AvgIpc) is 3.29. The molecular weight excluding hydrogens is 356 g/mol. The molecule has 0 radical (unpaired) electrons. The highest BCUT2D eigenvalue weighted by Crippen LogP contribution is 2.29. The fraction of sp³-hybridized carbons (Fsp3) is 0.176. The molecule has 8 nitrogen and oxygen atoms in total. The summed E-state index contributed by atoms with van der Waals surface area (Å²) < 4.78 is 5.18. The highest BCUT2D eigenvalue weighted by Gasteiger charge is 2.24. The predicted octanol–water partition coefficient (Wildman–Crippen LogP) is 4.16. The lowest BCUT2D eigenvalue weighted by atomic mass is 10.0. The topological polar surface area (TPSA) is 104 Å². The first-order valence-electron chi connectivity index (χ1n) is 7.80. The molecule has 0 fully saturated rings. The molecule has 26 heavy (non-hydrogen) atoms. The van der Waals surface area contributed by atoms with Crippen molar-refractivity contribution < 1.29 is 9.53 Å². The minimum absolute atomic E-state index is 0.252. The number of nitrogens with one attached hydrogen (secondary N) is 1. The second-order valence-electron chi connectivity index (χ2n) is 5.67. The summed E-state index contributed by atoms with van der Waals surface area (Å²) in [6.45, 7) is 0. The van der Waals surface area contributed by atoms with Crippen LogP contribution in [0.2, 0.25) is 5.02 Å². The molecule has 1 N–H and O–H groups in total. The Bertz CT molecular complexity index is 1050. The van der Waals surface area contributed by atoms with Crippen molar-refractivity contribution in [1.29, 1.82) is 0 Å². The first-order chi connectivity index (χ1) is 12.7. The van der Waals surface area contributed by atoms with E-state index in [1.165, 1.54) is 13.3 Å². The van der Waals surface area contributed by atoms with Crippen LogP contribution in [0.5, 0.6) is 5.75 Å². The van der Waals surface area contributed by atoms with Crippen molar-refractivity contribution in [2.75, 3.05) is 7.11 Å². The van der Waals surface area contributed by atoms with Gasteiger partial charge in [-0.25, -0.2) is 0 Å². The van der Waals surface area contributed by atoms with Crippen LogP contribution in [0.15, 0.2) is 57.2 Å². The summed E-state index contributed by atoms with van der Waals surface area (Å²) in [4.78, 5) is 20.4. The van der Waals surface area contributed by atoms with Crippen LogP contribution in [0.4, 0.5) is 0 Å². The molecule has 0 spiro atoms. The number of methoxy groups -OCH3 is 1. The van der Waals surface area contributed by atoms with Crippen molar-refractivity contribution in [3.8, 4) is 5.75 Å². The van der Waals surface area contributed by atoms with Crippen molar-refractivity contribution in [3.05, 3.63) is 58.5 Å². The number of aromatic nitrogens is 2. The molecule has 0 unspecified atom stereocenters. The maximum absolute atomic E-state index is 13.1. The van der Waals surface area contributed by atoms with Crippen LogP contribution < -0.4 is 4.74 Å². The number of halogens is 1. The number of hydrogen-bond acceptors (Lipinski definition) is 7. The van der Waals surface area contributed by atoms with Crippen molar-refractivity contribution >= 4 is 28.3 Å². The van der Waals surface area contributed by atoms with Gasteiger partial charge in [0.2, 0.25) is 5.78 Å². The lowest BCUT2D eigenvalue weighted by Crippen LogP contribution is -2.10. The molecule has 1 aliphatic heterocycles. The van der Waals surface area contributed by atoms with Gasteiger partial charge >= 0.3 is 0 Å². The van der Waals surface area contributed by atoms with Crippen LogP contribution in [0.25, 0.3) is 10.9 Å². The molecule has 1 aromatic carbocycles. The molecule has 0 atom stereocenters. The molecule has 0 bridgehead atoms. The van der Waals surface area contributed by atoms with Crippen LogP contribution in [0, 0.1) is 0 Å². The molecule has 1 aliphatic rings. The predicted molar refractivity (Wildman–Crippen MR) is 94.7 cm³/mol. The van der Waals surface area contributed by atoms with Gasteiger partial charge in [0.05, 0.1) is 12.8 Å². The Kier molecular flexibility index (Phi) is 4.18. The normalized spacial score (nSPS) is 13.6. The summed E-state index contributed by atoms with van der Waals surface area (Å²) in [7, 11) is 1.54.